The summed E-state index contributed by atoms with van der Waals surface area (Å²) in [5.74, 6) is 0.555. The molecule has 0 rings (SSSR count). The zero-order valence-electron chi connectivity index (χ0n) is 9.75. The van der Waals surface area contributed by atoms with Crippen molar-refractivity contribution in [3.8, 4) is 0 Å². The minimum atomic E-state index is 0.0265. The van der Waals surface area contributed by atoms with Gasteiger partial charge in [-0.1, -0.05) is 26.1 Å². The second-order valence-corrected chi connectivity index (χ2v) is 4.54. The van der Waals surface area contributed by atoms with Gasteiger partial charge in [0, 0.05) is 26.6 Å². The van der Waals surface area contributed by atoms with Gasteiger partial charge in [0.05, 0.1) is 11.5 Å². The van der Waals surface area contributed by atoms with Crippen molar-refractivity contribution >= 4 is 23.1 Å². The summed E-state index contributed by atoms with van der Waals surface area (Å²) in [5, 5.41) is 2.61. The normalized spacial score (nSPS) is 10.7. The second-order valence-electron chi connectivity index (χ2n) is 4.02. The van der Waals surface area contributed by atoms with Crippen molar-refractivity contribution in [2.45, 2.75) is 20.3 Å². The molecule has 0 atom stereocenters. The number of nitrogens with one attached hydrogen (secondary N) is 1. The lowest BCUT2D eigenvalue weighted by Crippen LogP contribution is -2.39. The molecule has 3 N–H and O–H groups in total. The standard InChI is InChI=1S/C10H21N3OS/c1-8(2)6-13(5-4-9(11)15)7-10(14)12-3/h8H,4-7H2,1-3H3,(H2,11,15)(H,12,14). The second kappa shape index (κ2) is 7.59. The third-order valence-electron chi connectivity index (χ3n) is 1.94. The molecule has 0 aromatic rings. The molecule has 0 saturated carbocycles. The van der Waals surface area contributed by atoms with Crippen LogP contribution in [0.1, 0.15) is 20.3 Å². The molecule has 1 amide bonds. The van der Waals surface area contributed by atoms with Gasteiger partial charge in [0.15, 0.2) is 0 Å². The van der Waals surface area contributed by atoms with Crippen LogP contribution in [-0.4, -0.2) is 42.5 Å². The van der Waals surface area contributed by atoms with E-state index in [0.717, 1.165) is 13.1 Å². The largest absolute Gasteiger partial charge is 0.393 e. The first-order valence-corrected chi connectivity index (χ1v) is 5.57. The lowest BCUT2D eigenvalue weighted by Gasteiger charge is -2.22. The van der Waals surface area contributed by atoms with E-state index in [0.29, 0.717) is 23.9 Å². The Balaban J connectivity index is 4.05. The van der Waals surface area contributed by atoms with Crippen LogP contribution in [0.5, 0.6) is 0 Å². The summed E-state index contributed by atoms with van der Waals surface area (Å²) in [7, 11) is 1.64. The maximum atomic E-state index is 11.2. The number of carbonyl (C=O) groups is 1. The van der Waals surface area contributed by atoms with Gasteiger partial charge >= 0.3 is 0 Å². The molecule has 15 heavy (non-hydrogen) atoms. The molecular weight excluding hydrogens is 210 g/mol. The molecule has 0 radical (unpaired) electrons. The molecule has 4 nitrogen and oxygen atoms in total. The third kappa shape index (κ3) is 8.32. The summed E-state index contributed by atoms with van der Waals surface area (Å²) in [5.41, 5.74) is 5.44. The minimum Gasteiger partial charge on any atom is -0.393 e. The number of thiocarbonyl (C=S) groups is 1. The highest BCUT2D eigenvalue weighted by Crippen LogP contribution is 1.99. The molecular formula is C10H21N3OS. The molecule has 0 aliphatic heterocycles. The lowest BCUT2D eigenvalue weighted by molar-refractivity contribution is -0.121. The molecule has 0 unspecified atom stereocenters. The van der Waals surface area contributed by atoms with E-state index in [4.69, 9.17) is 18.0 Å². The van der Waals surface area contributed by atoms with E-state index in [9.17, 15) is 4.79 Å². The van der Waals surface area contributed by atoms with Crippen LogP contribution in [-0.2, 0) is 4.79 Å². The van der Waals surface area contributed by atoms with Gasteiger partial charge < -0.3 is 11.1 Å². The molecule has 0 heterocycles. The molecule has 0 aromatic carbocycles. The first-order valence-electron chi connectivity index (χ1n) is 5.17. The Hall–Kier alpha value is -0.680. The SMILES string of the molecule is CNC(=O)CN(CCC(N)=S)CC(C)C. The fraction of sp³-hybridized carbons (Fsp3) is 0.800. The van der Waals surface area contributed by atoms with Crippen molar-refractivity contribution < 1.29 is 4.79 Å². The molecule has 88 valence electrons. The van der Waals surface area contributed by atoms with Gasteiger partial charge in [-0.2, -0.15) is 0 Å². The summed E-state index contributed by atoms with van der Waals surface area (Å²) in [6.07, 6.45) is 0.666. The van der Waals surface area contributed by atoms with Gasteiger partial charge in [-0.3, -0.25) is 9.69 Å². The van der Waals surface area contributed by atoms with Crippen molar-refractivity contribution in [2.75, 3.05) is 26.7 Å². The van der Waals surface area contributed by atoms with Gasteiger partial charge in [0.1, 0.15) is 0 Å². The minimum absolute atomic E-state index is 0.0265. The average Bonchev–Trinajstić information content (AvgIpc) is 2.13. The molecule has 0 aliphatic carbocycles. The highest BCUT2D eigenvalue weighted by molar-refractivity contribution is 7.80. The molecule has 0 fully saturated rings. The Morgan fingerprint density at radius 1 is 1.53 bits per heavy atom. The zero-order valence-corrected chi connectivity index (χ0v) is 10.6. The average molecular weight is 231 g/mol. The number of nitrogens with two attached hydrogens (primary N) is 1. The van der Waals surface area contributed by atoms with Crippen LogP contribution in [0.25, 0.3) is 0 Å². The monoisotopic (exact) mass is 231 g/mol. The molecule has 0 saturated heterocycles. The number of likely N-dealkylation sites (N-methyl/N-ethyl adjacent to an activating group) is 1. The summed E-state index contributed by atoms with van der Waals surface area (Å²) in [6.45, 7) is 6.30. The van der Waals surface area contributed by atoms with Crippen LogP contribution in [0.15, 0.2) is 0 Å². The van der Waals surface area contributed by atoms with E-state index in [-0.39, 0.29) is 5.91 Å². The van der Waals surface area contributed by atoms with E-state index >= 15 is 0 Å². The predicted octanol–water partition coefficient (Wildman–Crippen LogP) is 0.367. The Bertz CT molecular complexity index is 219. The number of amides is 1. The fourth-order valence-corrected chi connectivity index (χ4v) is 1.39. The van der Waals surface area contributed by atoms with Crippen LogP contribution in [0, 0.1) is 5.92 Å². The highest BCUT2D eigenvalue weighted by Gasteiger charge is 2.11. The summed E-state index contributed by atoms with van der Waals surface area (Å²) < 4.78 is 0. The maximum absolute atomic E-state index is 11.2. The molecule has 0 bridgehead atoms. The number of carbonyl (C=O) groups excluding carboxylic acids is 1. The van der Waals surface area contributed by atoms with Crippen molar-refractivity contribution in [3.63, 3.8) is 0 Å². The van der Waals surface area contributed by atoms with E-state index in [1.54, 1.807) is 7.05 Å². The van der Waals surface area contributed by atoms with Gasteiger partial charge in [0.25, 0.3) is 0 Å². The van der Waals surface area contributed by atoms with Crippen molar-refractivity contribution in [3.05, 3.63) is 0 Å². The Morgan fingerprint density at radius 3 is 2.53 bits per heavy atom. The first kappa shape index (κ1) is 14.3. The van der Waals surface area contributed by atoms with Crippen LogP contribution in [0.2, 0.25) is 0 Å². The topological polar surface area (TPSA) is 58.4 Å². The summed E-state index contributed by atoms with van der Waals surface area (Å²) >= 11 is 4.82. The van der Waals surface area contributed by atoms with E-state index in [2.05, 4.69) is 24.1 Å². The van der Waals surface area contributed by atoms with Gasteiger partial charge in [0.2, 0.25) is 5.91 Å². The number of hydrogen-bond acceptors (Lipinski definition) is 3. The molecule has 5 heteroatoms. The third-order valence-corrected chi connectivity index (χ3v) is 2.15. The predicted molar refractivity (Wildman–Crippen MR) is 66.7 cm³/mol. The molecule has 0 spiro atoms. The Labute approximate surface area is 97.2 Å². The van der Waals surface area contributed by atoms with Gasteiger partial charge in [-0.05, 0) is 5.92 Å². The maximum Gasteiger partial charge on any atom is 0.233 e. The van der Waals surface area contributed by atoms with E-state index in [1.165, 1.54) is 0 Å². The fourth-order valence-electron chi connectivity index (χ4n) is 1.30. The van der Waals surface area contributed by atoms with Crippen LogP contribution >= 0.6 is 12.2 Å². The highest BCUT2D eigenvalue weighted by atomic mass is 32.1. The summed E-state index contributed by atoms with van der Waals surface area (Å²) in [4.78, 5) is 13.8. The van der Waals surface area contributed by atoms with Crippen LogP contribution in [0.4, 0.5) is 0 Å². The quantitative estimate of drug-likeness (QED) is 0.621. The lowest BCUT2D eigenvalue weighted by atomic mass is 10.2. The molecule has 0 aromatic heterocycles. The van der Waals surface area contributed by atoms with E-state index < -0.39 is 0 Å². The zero-order chi connectivity index (χ0) is 11.8. The molecule has 0 aliphatic rings. The number of rotatable bonds is 7. The van der Waals surface area contributed by atoms with Gasteiger partial charge in [-0.15, -0.1) is 0 Å². The van der Waals surface area contributed by atoms with Crippen molar-refractivity contribution in [1.29, 1.82) is 0 Å². The van der Waals surface area contributed by atoms with Crippen molar-refractivity contribution in [1.82, 2.24) is 10.2 Å². The van der Waals surface area contributed by atoms with Crippen molar-refractivity contribution in [2.24, 2.45) is 11.7 Å². The van der Waals surface area contributed by atoms with Crippen LogP contribution in [0.3, 0.4) is 0 Å². The Kier molecular flexibility index (Phi) is 7.25. The van der Waals surface area contributed by atoms with E-state index in [1.807, 2.05) is 0 Å². The Morgan fingerprint density at radius 2 is 2.13 bits per heavy atom. The van der Waals surface area contributed by atoms with Gasteiger partial charge in [-0.25, -0.2) is 0 Å². The summed E-state index contributed by atoms with van der Waals surface area (Å²) in [6, 6.07) is 0. The number of hydrogen-bond donors (Lipinski definition) is 2. The van der Waals surface area contributed by atoms with Crippen LogP contribution < -0.4 is 11.1 Å². The smallest absolute Gasteiger partial charge is 0.233 e. The first-order chi connectivity index (χ1) is 6.95. The number of nitrogens with zero attached hydrogens (tertiary/aromatic N) is 1.